The summed E-state index contributed by atoms with van der Waals surface area (Å²) < 4.78 is 8.82. The molecule has 12 rings (SSSR count). The van der Waals surface area contributed by atoms with Crippen LogP contribution in [-0.2, 0) is 33.1 Å². The number of hydrogen-bond donors (Lipinski definition) is 0. The van der Waals surface area contributed by atoms with Gasteiger partial charge in [0.1, 0.15) is 0 Å². The fourth-order valence-corrected chi connectivity index (χ4v) is 22.8. The monoisotopic (exact) mass is 938 g/mol. The van der Waals surface area contributed by atoms with Crippen molar-refractivity contribution in [1.82, 2.24) is 0 Å². The Balaban J connectivity index is 1.11. The van der Waals surface area contributed by atoms with Crippen LogP contribution >= 0.6 is 0 Å². The molecule has 2 aliphatic carbocycles. The van der Waals surface area contributed by atoms with E-state index in [1.807, 2.05) is 0 Å². The van der Waals surface area contributed by atoms with E-state index in [1.54, 1.807) is 17.7 Å². The summed E-state index contributed by atoms with van der Waals surface area (Å²) in [5, 5.41) is 5.21. The molecule has 0 saturated carbocycles. The second-order valence-electron chi connectivity index (χ2n) is 20.4. The van der Waals surface area contributed by atoms with Gasteiger partial charge in [0, 0.05) is 0 Å². The molecule has 10 aromatic rings. The van der Waals surface area contributed by atoms with Gasteiger partial charge in [-0.3, -0.25) is 0 Å². The van der Waals surface area contributed by atoms with Gasteiger partial charge in [0.2, 0.25) is 0 Å². The second kappa shape index (κ2) is 15.9. The zero-order chi connectivity index (χ0) is 45.9. The number of fused-ring (bicyclic) bond motifs is 8. The van der Waals surface area contributed by atoms with Crippen molar-refractivity contribution < 1.29 is 20.3 Å². The topological polar surface area (TPSA) is 0 Å². The van der Waals surface area contributed by atoms with E-state index < -0.39 is 20.3 Å². The number of benzene rings is 10. The Bertz CT molecular complexity index is 3670. The molecular formula is C66H56Zr. The summed E-state index contributed by atoms with van der Waals surface area (Å²) in [7, 11) is 0. The number of rotatable bonds is 6. The van der Waals surface area contributed by atoms with Crippen molar-refractivity contribution >= 4 is 28.1 Å². The van der Waals surface area contributed by atoms with Gasteiger partial charge in [-0.15, -0.1) is 0 Å². The van der Waals surface area contributed by atoms with Crippen LogP contribution in [0.4, 0.5) is 0 Å². The molecule has 0 bridgehead atoms. The molecule has 0 amide bonds. The molecule has 0 N–H and O–H groups in total. The number of hydrogen-bond acceptors (Lipinski definition) is 0. The standard InChI is InChI=1S/C33H21.C31H29.2CH3.Zr/c1-3-11-28-22(7-1)9-5-13-30(28)24-15-17-32-26(19-24)21-27-20-25(16-18-33(27)32)31-14-6-10-23-8-2-4-12-29(23)31;1-18-11-20(3)30(21(4)12-18)24-7-9-28-26(15-24)17-27-16-25(8-10-29(27)28)31-22(5)13-19(2)14-23(31)6;;;/h1-19H,21H2;7-15H,17H2,1-6H3;2*1H3;. The minimum absolute atomic E-state index is 0.934. The van der Waals surface area contributed by atoms with Gasteiger partial charge in [-0.1, -0.05) is 0 Å². The predicted molar refractivity (Wildman–Crippen MR) is 286 cm³/mol. The summed E-state index contributed by atoms with van der Waals surface area (Å²) >= 11 is -3.81. The third-order valence-corrected chi connectivity index (χ3v) is 24.4. The van der Waals surface area contributed by atoms with Crippen LogP contribution in [-0.4, -0.2) is 0 Å². The molecule has 0 spiro atoms. The summed E-state index contributed by atoms with van der Waals surface area (Å²) in [5.41, 5.74) is 30.6. The van der Waals surface area contributed by atoms with E-state index in [2.05, 4.69) is 221 Å². The minimum atomic E-state index is -3.81. The van der Waals surface area contributed by atoms with Crippen molar-refractivity contribution in [2.75, 3.05) is 0 Å². The van der Waals surface area contributed by atoms with Crippen LogP contribution in [0.3, 0.4) is 0 Å². The maximum absolute atomic E-state index is 3.81. The quantitative estimate of drug-likeness (QED) is 0.156. The van der Waals surface area contributed by atoms with Gasteiger partial charge < -0.3 is 0 Å². The molecule has 0 aromatic heterocycles. The SMILES string of the molecule is Cc1cc(C)c(-c2ccc3c(c2)Cc2c-3ccc(-c3c(C)cc(C)cc3C)[c]2[Zr]([CH3])([CH3])[c]2c(-c3cccc4ccccc34)ccc3c2Cc2cc(-c4cccc5ccccc45)ccc2-3)c(C)c1. The Morgan fingerprint density at radius 2 is 0.746 bits per heavy atom. The van der Waals surface area contributed by atoms with Gasteiger partial charge in [0.05, 0.1) is 0 Å². The molecule has 0 saturated heterocycles. The Kier molecular flexibility index (Phi) is 9.94. The molecule has 2 aliphatic rings. The van der Waals surface area contributed by atoms with E-state index in [4.69, 9.17) is 0 Å². The second-order valence-corrected chi connectivity index (χ2v) is 30.8. The summed E-state index contributed by atoms with van der Waals surface area (Å²) in [5.74, 6) is 0. The molecule has 0 unspecified atom stereocenters. The average molecular weight is 940 g/mol. The fourth-order valence-electron chi connectivity index (χ4n) is 13.0. The number of aryl methyl sites for hydroxylation is 6. The Morgan fingerprint density at radius 1 is 0.328 bits per heavy atom. The van der Waals surface area contributed by atoms with Gasteiger partial charge in [0.15, 0.2) is 0 Å². The fraction of sp³-hybridized carbons (Fsp3) is 0.152. The first-order chi connectivity index (χ1) is 32.4. The summed E-state index contributed by atoms with van der Waals surface area (Å²) in [6, 6.07) is 65.7. The van der Waals surface area contributed by atoms with Crippen LogP contribution in [0.15, 0.2) is 170 Å². The van der Waals surface area contributed by atoms with E-state index in [-0.39, 0.29) is 0 Å². The van der Waals surface area contributed by atoms with E-state index in [9.17, 15) is 0 Å². The van der Waals surface area contributed by atoms with Gasteiger partial charge in [-0.25, -0.2) is 0 Å². The molecule has 0 fully saturated rings. The zero-order valence-corrected chi connectivity index (χ0v) is 42.5. The van der Waals surface area contributed by atoms with Crippen LogP contribution in [0.2, 0.25) is 9.26 Å². The normalized spacial score (nSPS) is 12.7. The van der Waals surface area contributed by atoms with Gasteiger partial charge in [-0.2, -0.15) is 0 Å². The summed E-state index contributed by atoms with van der Waals surface area (Å²) in [6.45, 7) is 13.7. The van der Waals surface area contributed by atoms with Crippen LogP contribution in [0.25, 0.3) is 88.3 Å². The molecule has 0 radical (unpaired) electrons. The van der Waals surface area contributed by atoms with Crippen molar-refractivity contribution in [2.24, 2.45) is 0 Å². The third-order valence-electron chi connectivity index (χ3n) is 15.5. The first kappa shape index (κ1) is 42.0. The molecular weight excluding hydrogens is 884 g/mol. The van der Waals surface area contributed by atoms with Crippen LogP contribution in [0.1, 0.15) is 55.6 Å². The summed E-state index contributed by atoms with van der Waals surface area (Å²) in [6.07, 6.45) is 1.88. The molecule has 0 heterocycles. The maximum atomic E-state index is 2.76. The zero-order valence-electron chi connectivity index (χ0n) is 40.1. The Morgan fingerprint density at radius 3 is 1.33 bits per heavy atom. The molecule has 10 aromatic carbocycles. The first-order valence-corrected chi connectivity index (χ1v) is 31.5. The third kappa shape index (κ3) is 6.72. The molecule has 67 heavy (non-hydrogen) atoms. The van der Waals surface area contributed by atoms with Crippen LogP contribution in [0, 0.1) is 41.5 Å². The van der Waals surface area contributed by atoms with Crippen molar-refractivity contribution in [2.45, 2.75) is 63.6 Å². The summed E-state index contributed by atoms with van der Waals surface area (Å²) in [4.78, 5) is 0. The van der Waals surface area contributed by atoms with E-state index in [0.717, 1.165) is 12.8 Å². The predicted octanol–water partition coefficient (Wildman–Crippen LogP) is 16.9. The average Bonchev–Trinajstić information content (AvgIpc) is 3.87. The van der Waals surface area contributed by atoms with E-state index in [0.29, 0.717) is 0 Å². The van der Waals surface area contributed by atoms with Gasteiger partial charge >= 0.3 is 404 Å². The van der Waals surface area contributed by atoms with Crippen molar-refractivity contribution in [1.29, 1.82) is 0 Å². The Labute approximate surface area is 401 Å². The van der Waals surface area contributed by atoms with E-state index in [1.165, 1.54) is 133 Å². The van der Waals surface area contributed by atoms with E-state index >= 15 is 0 Å². The van der Waals surface area contributed by atoms with Gasteiger partial charge in [0.25, 0.3) is 0 Å². The van der Waals surface area contributed by atoms with Crippen LogP contribution in [0.5, 0.6) is 0 Å². The first-order valence-electron chi connectivity index (χ1n) is 24.2. The molecule has 0 aliphatic heterocycles. The molecule has 1 heteroatoms. The molecule has 0 nitrogen and oxygen atoms in total. The Hall–Kier alpha value is -6.40. The van der Waals surface area contributed by atoms with Crippen molar-refractivity contribution in [3.05, 3.63) is 225 Å². The molecule has 0 atom stereocenters. The van der Waals surface area contributed by atoms with Crippen LogP contribution < -0.4 is 6.54 Å². The molecule has 324 valence electrons. The van der Waals surface area contributed by atoms with Gasteiger partial charge in [-0.05, 0) is 0 Å². The van der Waals surface area contributed by atoms with Crippen molar-refractivity contribution in [3.8, 4) is 66.8 Å². The van der Waals surface area contributed by atoms with Crippen molar-refractivity contribution in [3.63, 3.8) is 0 Å².